The summed E-state index contributed by atoms with van der Waals surface area (Å²) >= 11 is 0. The minimum absolute atomic E-state index is 0.0552. The lowest BCUT2D eigenvalue weighted by Crippen LogP contribution is -2.29. The summed E-state index contributed by atoms with van der Waals surface area (Å²) in [6.07, 6.45) is 2.53. The molecule has 0 spiro atoms. The van der Waals surface area contributed by atoms with Gasteiger partial charge in [0.05, 0.1) is 7.11 Å². The van der Waals surface area contributed by atoms with Crippen molar-refractivity contribution in [3.05, 3.63) is 28.8 Å². The summed E-state index contributed by atoms with van der Waals surface area (Å²) in [5, 5.41) is 0. The molecule has 1 aliphatic rings. The molecule has 110 valence electrons. The van der Waals surface area contributed by atoms with Crippen LogP contribution < -0.4 is 4.74 Å². The van der Waals surface area contributed by atoms with Crippen molar-refractivity contribution in [2.24, 2.45) is 5.92 Å². The van der Waals surface area contributed by atoms with Crippen molar-refractivity contribution in [2.75, 3.05) is 26.7 Å². The van der Waals surface area contributed by atoms with E-state index < -0.39 is 0 Å². The molecule has 3 nitrogen and oxygen atoms in total. The molecule has 2 rings (SSSR count). The van der Waals surface area contributed by atoms with Crippen LogP contribution in [0.4, 0.5) is 0 Å². The Morgan fingerprint density at radius 1 is 1.25 bits per heavy atom. The Bertz CT molecular complexity index is 490. The molecule has 1 unspecified atom stereocenters. The molecule has 3 heteroatoms. The van der Waals surface area contributed by atoms with Crippen LogP contribution in [0, 0.1) is 19.8 Å². The van der Waals surface area contributed by atoms with Crippen LogP contribution in [0.2, 0.25) is 0 Å². The van der Waals surface area contributed by atoms with E-state index in [1.165, 1.54) is 12.8 Å². The normalized spacial score (nSPS) is 17.2. The van der Waals surface area contributed by atoms with Gasteiger partial charge in [-0.15, -0.1) is 0 Å². The average molecular weight is 275 g/mol. The number of carbonyl (C=O) groups is 1. The van der Waals surface area contributed by atoms with Gasteiger partial charge in [-0.3, -0.25) is 4.79 Å². The predicted molar refractivity (Wildman–Crippen MR) is 81.6 cm³/mol. The molecule has 0 bridgehead atoms. The summed E-state index contributed by atoms with van der Waals surface area (Å²) in [5.74, 6) is 1.16. The van der Waals surface area contributed by atoms with E-state index in [-0.39, 0.29) is 11.7 Å². The van der Waals surface area contributed by atoms with E-state index in [1.54, 1.807) is 7.11 Å². The summed E-state index contributed by atoms with van der Waals surface area (Å²) in [7, 11) is 1.67. The maximum Gasteiger partial charge on any atom is 0.167 e. The Kier molecular flexibility index (Phi) is 4.81. The van der Waals surface area contributed by atoms with Gasteiger partial charge >= 0.3 is 0 Å². The highest BCUT2D eigenvalue weighted by atomic mass is 16.5. The molecule has 0 aliphatic carbocycles. The molecule has 0 radical (unpaired) electrons. The Labute approximate surface area is 121 Å². The fraction of sp³-hybridized carbons (Fsp3) is 0.588. The first-order chi connectivity index (χ1) is 9.54. The molecule has 1 heterocycles. The predicted octanol–water partition coefficient (Wildman–Crippen LogP) is 3.23. The van der Waals surface area contributed by atoms with Crippen molar-refractivity contribution in [1.29, 1.82) is 0 Å². The number of methoxy groups -OCH3 is 1. The highest BCUT2D eigenvalue weighted by molar-refractivity contribution is 5.99. The minimum atomic E-state index is 0.0552. The fourth-order valence-electron chi connectivity index (χ4n) is 2.98. The van der Waals surface area contributed by atoms with Crippen molar-refractivity contribution in [3.8, 4) is 5.75 Å². The van der Waals surface area contributed by atoms with Gasteiger partial charge in [0.15, 0.2) is 5.78 Å². The van der Waals surface area contributed by atoms with E-state index >= 15 is 0 Å². The number of Topliss-reactive ketones (excluding diaryl/α,β-unsaturated/α-hetero) is 1. The second-order valence-corrected chi connectivity index (χ2v) is 5.84. The third-order valence-electron chi connectivity index (χ3n) is 4.40. The monoisotopic (exact) mass is 275 g/mol. The quantitative estimate of drug-likeness (QED) is 0.773. The number of carbonyl (C=O) groups excluding carboxylic acids is 1. The van der Waals surface area contributed by atoms with Gasteiger partial charge in [-0.2, -0.15) is 0 Å². The molecule has 1 fully saturated rings. The molecule has 1 atom stereocenters. The van der Waals surface area contributed by atoms with Crippen LogP contribution in [0.3, 0.4) is 0 Å². The Morgan fingerprint density at radius 2 is 1.90 bits per heavy atom. The van der Waals surface area contributed by atoms with Gasteiger partial charge in [0.2, 0.25) is 0 Å². The molecule has 0 saturated carbocycles. The average Bonchev–Trinajstić information content (AvgIpc) is 2.94. The van der Waals surface area contributed by atoms with Crippen molar-refractivity contribution < 1.29 is 9.53 Å². The highest BCUT2D eigenvalue weighted by Gasteiger charge is 2.22. The largest absolute Gasteiger partial charge is 0.496 e. The number of benzene rings is 1. The van der Waals surface area contributed by atoms with Crippen molar-refractivity contribution in [3.63, 3.8) is 0 Å². The molecule has 20 heavy (non-hydrogen) atoms. The van der Waals surface area contributed by atoms with Crippen molar-refractivity contribution in [2.45, 2.75) is 33.6 Å². The van der Waals surface area contributed by atoms with Crippen LogP contribution in [0.25, 0.3) is 0 Å². The first kappa shape index (κ1) is 15.0. The van der Waals surface area contributed by atoms with Crippen LogP contribution in [-0.2, 0) is 0 Å². The topological polar surface area (TPSA) is 29.5 Å². The van der Waals surface area contributed by atoms with Crippen LogP contribution in [-0.4, -0.2) is 37.4 Å². The first-order valence-corrected chi connectivity index (χ1v) is 7.45. The number of likely N-dealkylation sites (tertiary alicyclic amines) is 1. The van der Waals surface area contributed by atoms with Gasteiger partial charge in [-0.25, -0.2) is 0 Å². The SMILES string of the molecule is COc1ccc(C(=O)C(C)CN2CCCC2)c(C)c1C. The molecule has 1 aromatic carbocycles. The number of hydrogen-bond acceptors (Lipinski definition) is 3. The van der Waals surface area contributed by atoms with Gasteiger partial charge < -0.3 is 9.64 Å². The summed E-state index contributed by atoms with van der Waals surface area (Å²) in [5.41, 5.74) is 2.95. The molecule has 0 aromatic heterocycles. The van der Waals surface area contributed by atoms with Crippen LogP contribution in [0.5, 0.6) is 5.75 Å². The van der Waals surface area contributed by atoms with Gasteiger partial charge in [-0.1, -0.05) is 6.92 Å². The standard InChI is InChI=1S/C17H25NO2/c1-12(11-18-9-5-6-10-18)17(19)15-7-8-16(20-4)14(3)13(15)2/h7-8,12H,5-6,9-11H2,1-4H3. The number of rotatable bonds is 5. The zero-order chi connectivity index (χ0) is 14.7. The maximum absolute atomic E-state index is 12.6. The van der Waals surface area contributed by atoms with Gasteiger partial charge in [0.1, 0.15) is 5.75 Å². The van der Waals surface area contributed by atoms with Gasteiger partial charge in [0, 0.05) is 18.0 Å². The Hall–Kier alpha value is -1.35. The summed E-state index contributed by atoms with van der Waals surface area (Å²) in [6, 6.07) is 3.81. The molecule has 0 amide bonds. The highest BCUT2D eigenvalue weighted by Crippen LogP contribution is 2.26. The second kappa shape index (κ2) is 6.40. The van der Waals surface area contributed by atoms with Gasteiger partial charge in [0.25, 0.3) is 0 Å². The van der Waals surface area contributed by atoms with Crippen LogP contribution >= 0.6 is 0 Å². The minimum Gasteiger partial charge on any atom is -0.496 e. The lowest BCUT2D eigenvalue weighted by Gasteiger charge is -2.20. The van der Waals surface area contributed by atoms with Crippen molar-refractivity contribution >= 4 is 5.78 Å². The lowest BCUT2D eigenvalue weighted by molar-refractivity contribution is 0.0902. The summed E-state index contributed by atoms with van der Waals surface area (Å²) in [6.45, 7) is 9.21. The van der Waals surface area contributed by atoms with Crippen LogP contribution in [0.15, 0.2) is 12.1 Å². The molecule has 1 saturated heterocycles. The van der Waals surface area contributed by atoms with E-state index in [4.69, 9.17) is 4.74 Å². The van der Waals surface area contributed by atoms with E-state index in [9.17, 15) is 4.79 Å². The number of ether oxygens (including phenoxy) is 1. The Morgan fingerprint density at radius 3 is 2.50 bits per heavy atom. The van der Waals surface area contributed by atoms with Gasteiger partial charge in [-0.05, 0) is 63.0 Å². The zero-order valence-corrected chi connectivity index (χ0v) is 13.0. The Balaban J connectivity index is 2.13. The third-order valence-corrected chi connectivity index (χ3v) is 4.40. The third kappa shape index (κ3) is 3.04. The number of ketones is 1. The summed E-state index contributed by atoms with van der Waals surface area (Å²) < 4.78 is 5.31. The van der Waals surface area contributed by atoms with Crippen molar-refractivity contribution in [1.82, 2.24) is 4.90 Å². The lowest BCUT2D eigenvalue weighted by atomic mass is 9.92. The van der Waals surface area contributed by atoms with E-state index in [0.717, 1.165) is 42.1 Å². The van der Waals surface area contributed by atoms with E-state index in [2.05, 4.69) is 4.90 Å². The van der Waals surface area contributed by atoms with E-state index in [1.807, 2.05) is 32.9 Å². The molecular formula is C17H25NO2. The second-order valence-electron chi connectivity index (χ2n) is 5.84. The number of hydrogen-bond donors (Lipinski definition) is 0. The molecule has 0 N–H and O–H groups in total. The molecule has 1 aromatic rings. The number of nitrogens with zero attached hydrogens (tertiary/aromatic N) is 1. The smallest absolute Gasteiger partial charge is 0.167 e. The maximum atomic E-state index is 12.6. The molecular weight excluding hydrogens is 250 g/mol. The fourth-order valence-corrected chi connectivity index (χ4v) is 2.98. The molecule has 1 aliphatic heterocycles. The van der Waals surface area contributed by atoms with Crippen LogP contribution in [0.1, 0.15) is 41.3 Å². The zero-order valence-electron chi connectivity index (χ0n) is 13.0. The van der Waals surface area contributed by atoms with E-state index in [0.29, 0.717) is 0 Å². The summed E-state index contributed by atoms with van der Waals surface area (Å²) in [4.78, 5) is 15.0. The first-order valence-electron chi connectivity index (χ1n) is 7.45.